The molecule has 0 aromatic heterocycles. The first-order valence-corrected chi connectivity index (χ1v) is 10.1. The zero-order valence-electron chi connectivity index (χ0n) is 15.8. The molecule has 4 fully saturated rings. The number of ketones is 1. The third kappa shape index (κ3) is 1.64. The second kappa shape index (κ2) is 4.48. The van der Waals surface area contributed by atoms with Crippen molar-refractivity contribution in [3.63, 3.8) is 0 Å². The second-order valence-corrected chi connectivity index (χ2v) is 10.3. The van der Waals surface area contributed by atoms with Gasteiger partial charge in [0.1, 0.15) is 0 Å². The highest BCUT2D eigenvalue weighted by Crippen LogP contribution is 2.79. The molecule has 2 nitrogen and oxygen atoms in total. The van der Waals surface area contributed by atoms with Crippen LogP contribution in [0.2, 0.25) is 0 Å². The summed E-state index contributed by atoms with van der Waals surface area (Å²) in [7, 11) is 0. The molecule has 0 N–H and O–H groups in total. The maximum Gasteiger partial charge on any atom is 0.156 e. The molecule has 0 aromatic carbocycles. The van der Waals surface area contributed by atoms with Crippen LogP contribution in [0.15, 0.2) is 23.8 Å². The van der Waals surface area contributed by atoms with Crippen LogP contribution in [0.25, 0.3) is 0 Å². The Morgan fingerprint density at radius 2 is 1.96 bits per heavy atom. The number of carbonyl (C=O) groups excluding carboxylic acids is 1. The molecule has 0 radical (unpaired) electrons. The van der Waals surface area contributed by atoms with E-state index in [4.69, 9.17) is 0 Å². The summed E-state index contributed by atoms with van der Waals surface area (Å²) >= 11 is 0. The summed E-state index contributed by atoms with van der Waals surface area (Å²) in [5.74, 6) is 3.66. The minimum Gasteiger partial charge on any atom is -0.295 e. The summed E-state index contributed by atoms with van der Waals surface area (Å²) in [6, 6.07) is 2.77. The van der Waals surface area contributed by atoms with Crippen molar-refractivity contribution in [2.24, 2.45) is 45.8 Å². The molecule has 0 aliphatic heterocycles. The molecule has 0 spiro atoms. The molecule has 0 unspecified atom stereocenters. The van der Waals surface area contributed by atoms with Gasteiger partial charge in [0.05, 0.1) is 11.5 Å². The number of nitrogens with zero attached hydrogens (tertiary/aromatic N) is 1. The van der Waals surface area contributed by atoms with Crippen LogP contribution in [-0.4, -0.2) is 5.78 Å². The van der Waals surface area contributed by atoms with Gasteiger partial charge in [0.15, 0.2) is 5.78 Å². The number of hydrogen-bond acceptors (Lipinski definition) is 2. The number of carbonyl (C=O) groups is 1. The van der Waals surface area contributed by atoms with E-state index in [0.717, 1.165) is 18.8 Å². The molecule has 25 heavy (non-hydrogen) atoms. The molecule has 8 atom stereocenters. The van der Waals surface area contributed by atoms with Gasteiger partial charge >= 0.3 is 0 Å². The van der Waals surface area contributed by atoms with E-state index in [-0.39, 0.29) is 22.0 Å². The summed E-state index contributed by atoms with van der Waals surface area (Å²) in [5.41, 5.74) is 2.63. The third-order valence-electron chi connectivity index (χ3n) is 9.64. The van der Waals surface area contributed by atoms with Crippen molar-refractivity contribution in [1.29, 1.82) is 5.26 Å². The van der Waals surface area contributed by atoms with Crippen molar-refractivity contribution in [2.75, 3.05) is 0 Å². The van der Waals surface area contributed by atoms with Crippen molar-refractivity contribution in [2.45, 2.75) is 59.3 Å². The lowest BCUT2D eigenvalue weighted by Gasteiger charge is -2.60. The maximum atomic E-state index is 12.0. The van der Waals surface area contributed by atoms with Crippen LogP contribution in [0, 0.1) is 57.2 Å². The summed E-state index contributed by atoms with van der Waals surface area (Å²) in [5, 5.41) is 10.0. The standard InChI is InChI=1S/C23H29NO/c1-13-9-15-17(21(2)7-5-14(25)10-18(13)21)6-8-22(3)20(15)16-11-19(16)23(22,4)12-24/h10,15-17,19-20H,1,5-9,11H2,2-4H3/t15-,16-,17+,19+,20-,21-,22+,23+/m1/s1. The van der Waals surface area contributed by atoms with Gasteiger partial charge in [-0.15, -0.1) is 0 Å². The highest BCUT2D eigenvalue weighted by molar-refractivity contribution is 5.92. The molecule has 0 aromatic rings. The van der Waals surface area contributed by atoms with E-state index in [1.165, 1.54) is 30.4 Å². The van der Waals surface area contributed by atoms with Crippen LogP contribution in [0.1, 0.15) is 59.3 Å². The lowest BCUT2D eigenvalue weighted by molar-refractivity contribution is -0.117. The van der Waals surface area contributed by atoms with Gasteiger partial charge in [-0.3, -0.25) is 4.79 Å². The topological polar surface area (TPSA) is 40.9 Å². The smallest absolute Gasteiger partial charge is 0.156 e. The Labute approximate surface area is 151 Å². The Morgan fingerprint density at radius 1 is 1.20 bits per heavy atom. The first-order valence-electron chi connectivity index (χ1n) is 10.1. The molecule has 5 rings (SSSR count). The van der Waals surface area contributed by atoms with Gasteiger partial charge in [-0.2, -0.15) is 5.26 Å². The van der Waals surface area contributed by atoms with E-state index in [0.29, 0.717) is 30.1 Å². The van der Waals surface area contributed by atoms with Gasteiger partial charge in [0.2, 0.25) is 0 Å². The number of allylic oxidation sites excluding steroid dienone is 2. The van der Waals surface area contributed by atoms with Crippen LogP contribution in [-0.2, 0) is 4.79 Å². The predicted molar refractivity (Wildman–Crippen MR) is 97.3 cm³/mol. The van der Waals surface area contributed by atoms with Gasteiger partial charge in [0, 0.05) is 6.42 Å². The largest absolute Gasteiger partial charge is 0.295 e. The van der Waals surface area contributed by atoms with Crippen LogP contribution >= 0.6 is 0 Å². The van der Waals surface area contributed by atoms with Gasteiger partial charge in [-0.1, -0.05) is 26.0 Å². The van der Waals surface area contributed by atoms with Crippen molar-refractivity contribution >= 4 is 5.78 Å². The Balaban J connectivity index is 1.59. The zero-order chi connectivity index (χ0) is 17.8. The molecular formula is C23H29NO. The van der Waals surface area contributed by atoms with Gasteiger partial charge in [-0.25, -0.2) is 0 Å². The van der Waals surface area contributed by atoms with Crippen molar-refractivity contribution in [3.8, 4) is 6.07 Å². The quantitative estimate of drug-likeness (QED) is 0.620. The van der Waals surface area contributed by atoms with Gasteiger partial charge < -0.3 is 0 Å². The summed E-state index contributed by atoms with van der Waals surface area (Å²) in [4.78, 5) is 12.0. The van der Waals surface area contributed by atoms with Crippen molar-refractivity contribution in [3.05, 3.63) is 23.8 Å². The maximum absolute atomic E-state index is 12.0. The molecule has 2 heteroatoms. The van der Waals surface area contributed by atoms with E-state index < -0.39 is 0 Å². The Bertz CT molecular complexity index is 771. The minimum atomic E-state index is -0.145. The molecule has 4 saturated carbocycles. The lowest BCUT2D eigenvalue weighted by Crippen LogP contribution is -2.53. The molecular weight excluding hydrogens is 306 g/mol. The molecule has 5 aliphatic rings. The van der Waals surface area contributed by atoms with Crippen LogP contribution < -0.4 is 0 Å². The number of nitriles is 1. The van der Waals surface area contributed by atoms with Crippen molar-refractivity contribution < 1.29 is 4.79 Å². The van der Waals surface area contributed by atoms with E-state index >= 15 is 0 Å². The predicted octanol–water partition coefficient (Wildman–Crippen LogP) is 5.07. The van der Waals surface area contributed by atoms with Crippen LogP contribution in [0.3, 0.4) is 0 Å². The fraction of sp³-hybridized carbons (Fsp3) is 0.739. The average molecular weight is 335 g/mol. The third-order valence-corrected chi connectivity index (χ3v) is 9.64. The molecule has 132 valence electrons. The van der Waals surface area contributed by atoms with E-state index in [2.05, 4.69) is 33.4 Å². The SMILES string of the molecule is C=C1C[C@H]2[C@@H]3[C@@H]4C[C@@H]4[C@](C)(C#N)[C@@]3(C)CC[C@@H]2[C@@]2(C)CCC(=O)C=C12. The Hall–Kier alpha value is -1.36. The normalized spacial score (nSPS) is 56.1. The first-order chi connectivity index (χ1) is 11.8. The van der Waals surface area contributed by atoms with Crippen LogP contribution in [0.5, 0.6) is 0 Å². The molecule has 0 bridgehead atoms. The summed E-state index contributed by atoms with van der Waals surface area (Å²) in [6.07, 6.45) is 8.31. The van der Waals surface area contributed by atoms with Crippen LogP contribution in [0.4, 0.5) is 0 Å². The first kappa shape index (κ1) is 15.9. The molecule has 0 heterocycles. The number of rotatable bonds is 0. The summed E-state index contributed by atoms with van der Waals surface area (Å²) in [6.45, 7) is 11.5. The second-order valence-electron chi connectivity index (χ2n) is 10.3. The molecule has 0 saturated heterocycles. The monoisotopic (exact) mass is 335 g/mol. The number of fused-ring (bicyclic) bond motifs is 7. The zero-order valence-corrected chi connectivity index (χ0v) is 15.8. The van der Waals surface area contributed by atoms with E-state index in [9.17, 15) is 10.1 Å². The average Bonchev–Trinajstić information content (AvgIpc) is 3.32. The highest BCUT2D eigenvalue weighted by Gasteiger charge is 2.75. The minimum absolute atomic E-state index is 0.130. The van der Waals surface area contributed by atoms with Gasteiger partial charge in [-0.05, 0) is 91.1 Å². The fourth-order valence-corrected chi connectivity index (χ4v) is 8.13. The molecule has 0 amide bonds. The van der Waals surface area contributed by atoms with E-state index in [1.807, 2.05) is 6.08 Å². The Morgan fingerprint density at radius 3 is 2.68 bits per heavy atom. The summed E-state index contributed by atoms with van der Waals surface area (Å²) < 4.78 is 0. The molecule has 5 aliphatic carbocycles. The lowest BCUT2D eigenvalue weighted by atomic mass is 9.44. The fourth-order valence-electron chi connectivity index (χ4n) is 8.13. The van der Waals surface area contributed by atoms with E-state index in [1.54, 1.807) is 0 Å². The highest BCUT2D eigenvalue weighted by atomic mass is 16.1. The number of hydrogen-bond donors (Lipinski definition) is 0. The Kier molecular flexibility index (Phi) is 2.84. The van der Waals surface area contributed by atoms with Crippen molar-refractivity contribution in [1.82, 2.24) is 0 Å². The van der Waals surface area contributed by atoms with Gasteiger partial charge in [0.25, 0.3) is 0 Å².